The van der Waals surface area contributed by atoms with Crippen molar-refractivity contribution in [2.45, 2.75) is 25.4 Å². The van der Waals surface area contributed by atoms with Gasteiger partial charge in [0, 0.05) is 5.69 Å². The van der Waals surface area contributed by atoms with Crippen molar-refractivity contribution in [1.29, 1.82) is 0 Å². The van der Waals surface area contributed by atoms with Gasteiger partial charge < -0.3 is 15.4 Å². The molecule has 0 radical (unpaired) electrons. The van der Waals surface area contributed by atoms with Gasteiger partial charge in [-0.2, -0.15) is 0 Å². The van der Waals surface area contributed by atoms with Crippen molar-refractivity contribution >= 4 is 62.8 Å². The Labute approximate surface area is 223 Å². The third-order valence-corrected chi connectivity index (χ3v) is 7.72. The van der Waals surface area contributed by atoms with E-state index < -0.39 is 0 Å². The molecule has 1 fully saturated rings. The fraction of sp³-hybridized carbons (Fsp3) is 0.138. The van der Waals surface area contributed by atoms with Gasteiger partial charge in [-0.15, -0.1) is 0 Å². The van der Waals surface area contributed by atoms with Crippen LogP contribution in [0.2, 0.25) is 0 Å². The van der Waals surface area contributed by atoms with Crippen molar-refractivity contribution in [2.75, 3.05) is 5.32 Å². The van der Waals surface area contributed by atoms with Crippen LogP contribution in [0, 0.1) is 3.57 Å². The molecule has 0 aliphatic carbocycles. The van der Waals surface area contributed by atoms with E-state index in [2.05, 4.69) is 82.6 Å². The van der Waals surface area contributed by atoms with Crippen LogP contribution >= 0.6 is 34.4 Å². The highest BCUT2D eigenvalue weighted by atomic mass is 127. The molecule has 0 bridgehead atoms. The van der Waals surface area contributed by atoms with Crippen LogP contribution in [0.1, 0.15) is 23.6 Å². The number of nitrogens with one attached hydrogen (secondary N) is 2. The van der Waals surface area contributed by atoms with Crippen LogP contribution in [0.25, 0.3) is 16.8 Å². The Morgan fingerprint density at radius 1 is 0.971 bits per heavy atom. The lowest BCUT2D eigenvalue weighted by Gasteiger charge is -2.13. The van der Waals surface area contributed by atoms with Gasteiger partial charge in [-0.25, -0.2) is 0 Å². The van der Waals surface area contributed by atoms with Crippen LogP contribution in [-0.2, 0) is 17.8 Å². The fourth-order valence-electron chi connectivity index (χ4n) is 3.92. The fourth-order valence-corrected chi connectivity index (χ4v) is 5.60. The zero-order valence-corrected chi connectivity index (χ0v) is 22.2. The van der Waals surface area contributed by atoms with E-state index in [1.54, 1.807) is 0 Å². The summed E-state index contributed by atoms with van der Waals surface area (Å²) in [6.07, 6.45) is 2.94. The predicted molar refractivity (Wildman–Crippen MR) is 154 cm³/mol. The summed E-state index contributed by atoms with van der Waals surface area (Å²) in [4.78, 5) is 13.2. The summed E-state index contributed by atoms with van der Waals surface area (Å²) in [5.41, 5.74) is 4.19. The molecule has 0 saturated carbocycles. The van der Waals surface area contributed by atoms with Crippen LogP contribution in [0.4, 0.5) is 5.69 Å². The zero-order chi connectivity index (χ0) is 24.2. The largest absolute Gasteiger partial charge is 0.488 e. The third-order valence-electron chi connectivity index (χ3n) is 5.85. The molecule has 1 aliphatic rings. The second-order valence-electron chi connectivity index (χ2n) is 8.33. The van der Waals surface area contributed by atoms with Gasteiger partial charge in [0.05, 0.1) is 8.48 Å². The first-order valence-electron chi connectivity index (χ1n) is 11.5. The SMILES string of the molecule is CCc1ccc(N[C@@H]2NC(=O)/C(=C/c3ccc(OCc4ccc5ccccc5c4)c(I)c3)S2)cc1. The van der Waals surface area contributed by atoms with Crippen molar-refractivity contribution in [2.24, 2.45) is 0 Å². The maximum absolute atomic E-state index is 12.5. The third kappa shape index (κ3) is 5.82. The minimum Gasteiger partial charge on any atom is -0.488 e. The molecule has 0 unspecified atom stereocenters. The summed E-state index contributed by atoms with van der Waals surface area (Å²) in [7, 11) is 0. The van der Waals surface area contributed by atoms with Gasteiger partial charge in [-0.05, 0) is 92.9 Å². The molecular weight excluding hydrogens is 567 g/mol. The molecule has 35 heavy (non-hydrogen) atoms. The van der Waals surface area contributed by atoms with E-state index in [9.17, 15) is 4.79 Å². The Morgan fingerprint density at radius 3 is 2.51 bits per heavy atom. The number of thioether (sulfide) groups is 1. The normalized spacial score (nSPS) is 16.5. The Kier molecular flexibility index (Phi) is 7.29. The number of aryl methyl sites for hydroxylation is 1. The van der Waals surface area contributed by atoms with Gasteiger partial charge in [0.15, 0.2) is 5.50 Å². The number of amides is 1. The summed E-state index contributed by atoms with van der Waals surface area (Å²) >= 11 is 3.78. The molecule has 5 rings (SSSR count). The smallest absolute Gasteiger partial charge is 0.260 e. The Balaban J connectivity index is 1.22. The number of anilines is 1. The molecular formula is C29H25IN2O2S. The van der Waals surface area contributed by atoms with Gasteiger partial charge in [-0.3, -0.25) is 4.79 Å². The van der Waals surface area contributed by atoms with Crippen molar-refractivity contribution in [3.63, 3.8) is 0 Å². The van der Waals surface area contributed by atoms with Crippen LogP contribution in [0.15, 0.2) is 89.8 Å². The summed E-state index contributed by atoms with van der Waals surface area (Å²) in [5, 5.41) is 8.80. The lowest BCUT2D eigenvalue weighted by molar-refractivity contribution is -0.116. The first kappa shape index (κ1) is 23.8. The molecule has 1 saturated heterocycles. The van der Waals surface area contributed by atoms with Crippen LogP contribution in [0.5, 0.6) is 5.75 Å². The molecule has 6 heteroatoms. The first-order chi connectivity index (χ1) is 17.1. The lowest BCUT2D eigenvalue weighted by Crippen LogP contribution is -2.30. The van der Waals surface area contributed by atoms with Crippen LogP contribution in [0.3, 0.4) is 0 Å². The Hall–Kier alpha value is -2.97. The maximum atomic E-state index is 12.5. The lowest BCUT2D eigenvalue weighted by atomic mass is 10.1. The van der Waals surface area contributed by atoms with E-state index in [0.29, 0.717) is 11.5 Å². The van der Waals surface area contributed by atoms with Gasteiger partial charge in [0.25, 0.3) is 5.91 Å². The summed E-state index contributed by atoms with van der Waals surface area (Å²) < 4.78 is 7.10. The van der Waals surface area contributed by atoms with Crippen LogP contribution in [-0.4, -0.2) is 11.4 Å². The number of carbonyl (C=O) groups excluding carboxylic acids is 1. The predicted octanol–water partition coefficient (Wildman–Crippen LogP) is 7.19. The molecule has 2 N–H and O–H groups in total. The summed E-state index contributed by atoms with van der Waals surface area (Å²) in [6, 6.07) is 29.0. The van der Waals surface area contributed by atoms with E-state index in [4.69, 9.17) is 4.74 Å². The maximum Gasteiger partial charge on any atom is 0.260 e. The number of fused-ring (bicyclic) bond motifs is 1. The molecule has 0 aromatic heterocycles. The highest BCUT2D eigenvalue weighted by Gasteiger charge is 2.27. The van der Waals surface area contributed by atoms with Crippen LogP contribution < -0.4 is 15.4 Å². The van der Waals surface area contributed by atoms with Gasteiger partial charge in [0.2, 0.25) is 0 Å². The Bertz CT molecular complexity index is 1400. The van der Waals surface area contributed by atoms with E-state index in [0.717, 1.165) is 32.6 Å². The summed E-state index contributed by atoms with van der Waals surface area (Å²) in [5.74, 6) is 0.767. The minimum atomic E-state index is -0.190. The number of rotatable bonds is 7. The standard InChI is InChI=1S/C29H25IN2O2S/c1-2-19-8-12-24(13-9-19)31-29-32-28(33)27(35-29)17-20-10-14-26(25(30)16-20)34-18-21-7-11-22-5-3-4-6-23(22)15-21/h3-17,29,31H,2,18H2,1H3,(H,32,33)/b27-17-/t29-/m1/s1. The highest BCUT2D eigenvalue weighted by Crippen LogP contribution is 2.32. The number of hydrogen-bond donors (Lipinski definition) is 2. The average molecular weight is 593 g/mol. The summed E-state index contributed by atoms with van der Waals surface area (Å²) in [6.45, 7) is 2.64. The van der Waals surface area contributed by atoms with Crippen molar-refractivity contribution in [3.8, 4) is 5.75 Å². The molecule has 1 atom stereocenters. The van der Waals surface area contributed by atoms with E-state index in [-0.39, 0.29) is 11.4 Å². The van der Waals surface area contributed by atoms with Crippen molar-refractivity contribution < 1.29 is 9.53 Å². The second kappa shape index (κ2) is 10.7. The number of carbonyl (C=O) groups is 1. The quantitative estimate of drug-likeness (QED) is 0.176. The van der Waals surface area contributed by atoms with E-state index in [1.165, 1.54) is 28.1 Å². The minimum absolute atomic E-state index is 0.0654. The van der Waals surface area contributed by atoms with Crippen molar-refractivity contribution in [1.82, 2.24) is 5.32 Å². The van der Waals surface area contributed by atoms with E-state index in [1.807, 2.05) is 48.5 Å². The van der Waals surface area contributed by atoms with E-state index >= 15 is 0 Å². The molecule has 1 heterocycles. The molecule has 1 amide bonds. The molecule has 0 spiro atoms. The molecule has 1 aliphatic heterocycles. The monoisotopic (exact) mass is 592 g/mol. The Morgan fingerprint density at radius 2 is 1.74 bits per heavy atom. The average Bonchev–Trinajstić information content (AvgIpc) is 3.22. The topological polar surface area (TPSA) is 50.4 Å². The number of halogens is 1. The second-order valence-corrected chi connectivity index (χ2v) is 10.6. The zero-order valence-electron chi connectivity index (χ0n) is 19.3. The number of benzene rings is 4. The van der Waals surface area contributed by atoms with Gasteiger partial charge in [-0.1, -0.05) is 73.3 Å². The van der Waals surface area contributed by atoms with Crippen molar-refractivity contribution in [3.05, 3.63) is 110 Å². The van der Waals surface area contributed by atoms with Gasteiger partial charge in [0.1, 0.15) is 12.4 Å². The molecule has 176 valence electrons. The molecule has 4 aromatic rings. The number of ether oxygens (including phenoxy) is 1. The number of hydrogen-bond acceptors (Lipinski definition) is 4. The molecule has 4 aromatic carbocycles. The van der Waals surface area contributed by atoms with Gasteiger partial charge >= 0.3 is 0 Å². The molecule has 4 nitrogen and oxygen atoms in total. The highest BCUT2D eigenvalue weighted by molar-refractivity contribution is 14.1. The first-order valence-corrected chi connectivity index (χ1v) is 13.5.